The lowest BCUT2D eigenvalue weighted by Crippen LogP contribution is -3.00. The number of aromatic nitrogens is 1. The van der Waals surface area contributed by atoms with Crippen molar-refractivity contribution in [2.75, 3.05) is 6.07 Å². The van der Waals surface area contributed by atoms with Gasteiger partial charge in [-0.1, -0.05) is 16.8 Å². The molecule has 0 aliphatic carbocycles. The fourth-order valence-corrected chi connectivity index (χ4v) is 0.923. The molecule has 1 rings (SSSR count). The Morgan fingerprint density at radius 2 is 2.50 bits per heavy atom. The van der Waals surface area contributed by atoms with Crippen LogP contribution in [0.2, 0.25) is 0 Å². The van der Waals surface area contributed by atoms with Crippen molar-refractivity contribution in [2.45, 2.75) is 6.73 Å². The van der Waals surface area contributed by atoms with Gasteiger partial charge in [0.15, 0.2) is 6.17 Å². The summed E-state index contributed by atoms with van der Waals surface area (Å²) in [6.45, 7) is 0.157. The molecular formula is C8H10Cl2N2O2. The van der Waals surface area contributed by atoms with E-state index in [9.17, 15) is 0 Å². The molecule has 0 radical (unpaired) electrons. The zero-order valence-electron chi connectivity index (χ0n) is 8.23. The van der Waals surface area contributed by atoms with Gasteiger partial charge in [0.2, 0.25) is 5.69 Å². The van der Waals surface area contributed by atoms with Gasteiger partial charge in [0, 0.05) is 12.1 Å². The van der Waals surface area contributed by atoms with Crippen LogP contribution >= 0.6 is 11.6 Å². The first-order valence-electron chi connectivity index (χ1n) is 4.10. The maximum atomic E-state index is 8.39. The number of alkyl halides is 1. The van der Waals surface area contributed by atoms with Gasteiger partial charge in [0.25, 0.3) is 6.73 Å². The number of hydrogen-bond donors (Lipinski definition) is 1. The van der Waals surface area contributed by atoms with Crippen molar-refractivity contribution in [3.8, 4) is 0 Å². The largest absolute Gasteiger partial charge is 1.00 e. The third kappa shape index (κ3) is 3.91. The molecular weight excluding hydrogens is 227 g/mol. The molecule has 0 aromatic carbocycles. The molecule has 0 spiro atoms. The average molecular weight is 239 g/mol. The molecule has 1 N–H and O–H groups in total. The molecule has 0 aliphatic rings. The van der Waals surface area contributed by atoms with E-state index in [0.717, 1.165) is 0 Å². The molecule has 0 fully saturated rings. The van der Waals surface area contributed by atoms with Gasteiger partial charge in [-0.3, -0.25) is 0 Å². The van der Waals surface area contributed by atoms with Gasteiger partial charge in [-0.05, 0) is 6.07 Å². The van der Waals surface area contributed by atoms with Crippen molar-refractivity contribution in [1.82, 2.24) is 0 Å². The van der Waals surface area contributed by atoms with Crippen molar-refractivity contribution < 1.29 is 28.3 Å². The maximum Gasteiger partial charge on any atom is 0.254 e. The third-order valence-electron chi connectivity index (χ3n) is 1.39. The highest BCUT2D eigenvalue weighted by atomic mass is 35.5. The summed E-state index contributed by atoms with van der Waals surface area (Å²) in [5.74, 6) is 0. The fraction of sp³-hybridized carbons (Fsp3) is 0.250. The monoisotopic (exact) mass is 238 g/mol. The molecule has 0 atom stereocenters. The van der Waals surface area contributed by atoms with E-state index in [-0.39, 0.29) is 31.4 Å². The topological polar surface area (TPSA) is 45.7 Å². The second-order valence-corrected chi connectivity index (χ2v) is 2.41. The highest BCUT2D eigenvalue weighted by Gasteiger charge is 2.05. The van der Waals surface area contributed by atoms with Gasteiger partial charge in [0.1, 0.15) is 13.7 Å². The van der Waals surface area contributed by atoms with Crippen LogP contribution in [0.1, 0.15) is 7.06 Å². The molecule has 1 heterocycles. The highest BCUT2D eigenvalue weighted by Crippen LogP contribution is 1.88. The minimum Gasteiger partial charge on any atom is -1.00 e. The molecule has 1 aromatic rings. The Morgan fingerprint density at radius 1 is 1.71 bits per heavy atom. The van der Waals surface area contributed by atoms with E-state index in [0.29, 0.717) is 5.69 Å². The summed E-state index contributed by atoms with van der Waals surface area (Å²) in [5.41, 5.74) is 0.574. The van der Waals surface area contributed by atoms with Crippen LogP contribution in [-0.4, -0.2) is 17.5 Å². The molecule has 0 unspecified atom stereocenters. The Bertz CT molecular complexity index is 336. The normalized spacial score (nSPS) is 11.1. The minimum absolute atomic E-state index is 0. The molecule has 0 amide bonds. The van der Waals surface area contributed by atoms with Crippen molar-refractivity contribution in [3.05, 3.63) is 30.1 Å². The number of pyridine rings is 1. The quantitative estimate of drug-likeness (QED) is 0.216. The van der Waals surface area contributed by atoms with Gasteiger partial charge >= 0.3 is 0 Å². The first kappa shape index (κ1) is 11.2. The second-order valence-electron chi connectivity index (χ2n) is 2.19. The van der Waals surface area contributed by atoms with Crippen LogP contribution in [0.25, 0.3) is 0 Å². The van der Waals surface area contributed by atoms with Gasteiger partial charge in [0.05, 0.1) is 0 Å². The molecule has 6 heteroatoms. The summed E-state index contributed by atoms with van der Waals surface area (Å²) in [4.78, 5) is 0. The lowest BCUT2D eigenvalue weighted by atomic mass is 10.3. The number of rotatable bonds is 4. The lowest BCUT2D eigenvalue weighted by molar-refractivity contribution is -0.732. The zero-order valence-corrected chi connectivity index (χ0v) is 8.74. The van der Waals surface area contributed by atoms with E-state index in [1.807, 2.05) is 0 Å². The van der Waals surface area contributed by atoms with E-state index >= 15 is 0 Å². The molecule has 0 saturated carbocycles. The molecule has 78 valence electrons. The Morgan fingerprint density at radius 3 is 3.14 bits per heavy atom. The van der Waals surface area contributed by atoms with Crippen LogP contribution in [0.4, 0.5) is 0 Å². The van der Waals surface area contributed by atoms with E-state index < -0.39 is 0 Å². The summed E-state index contributed by atoms with van der Waals surface area (Å²) in [6, 6.07) is 5.05. The van der Waals surface area contributed by atoms with E-state index in [1.54, 1.807) is 18.2 Å². The summed E-state index contributed by atoms with van der Waals surface area (Å²) in [7, 11) is 0. The van der Waals surface area contributed by atoms with Crippen molar-refractivity contribution >= 4 is 17.8 Å². The molecule has 14 heavy (non-hydrogen) atoms. The third-order valence-corrected chi connectivity index (χ3v) is 1.55. The molecule has 0 bridgehead atoms. The first-order valence-corrected chi connectivity index (χ1v) is 4.13. The number of nitrogens with zero attached hydrogens (tertiary/aromatic N) is 2. The van der Waals surface area contributed by atoms with Crippen LogP contribution in [0.15, 0.2) is 29.5 Å². The standard InChI is InChI=1S/C8H9ClN2O2.ClH/c9-6-13-7-11-4-2-1-3-8(11)5-10-12;/h1-5H,6-7H2;1H/i4T;. The molecule has 0 aliphatic heterocycles. The van der Waals surface area contributed by atoms with Gasteiger partial charge in [-0.15, -0.1) is 0 Å². The average Bonchev–Trinajstić information content (AvgIpc) is 2.18. The Kier molecular flexibility index (Phi) is 6.06. The number of ether oxygens (including phenoxy) is 1. The number of hydrogen-bond acceptors (Lipinski definition) is 3. The van der Waals surface area contributed by atoms with Crippen molar-refractivity contribution in [1.29, 1.82) is 0 Å². The second kappa shape index (κ2) is 7.55. The molecule has 4 nitrogen and oxygen atoms in total. The number of halogens is 2. The van der Waals surface area contributed by atoms with E-state index in [1.165, 1.54) is 10.8 Å². The van der Waals surface area contributed by atoms with Crippen LogP contribution in [0.5, 0.6) is 0 Å². The number of oxime groups is 1. The first-order chi connectivity index (χ1) is 6.79. The summed E-state index contributed by atoms with van der Waals surface area (Å²) < 4.78 is 14.0. The van der Waals surface area contributed by atoms with Crippen LogP contribution < -0.4 is 17.0 Å². The van der Waals surface area contributed by atoms with Crippen molar-refractivity contribution in [2.24, 2.45) is 5.16 Å². The Hall–Kier alpha value is -0.840. The summed E-state index contributed by atoms with van der Waals surface area (Å²) in [6.07, 6.45) is 1.49. The minimum atomic E-state index is 0. The van der Waals surface area contributed by atoms with E-state index in [4.69, 9.17) is 22.9 Å². The Labute approximate surface area is 94.6 Å². The van der Waals surface area contributed by atoms with Gasteiger partial charge in [-0.2, -0.15) is 4.57 Å². The summed E-state index contributed by atoms with van der Waals surface area (Å²) >= 11 is 5.35. The predicted octanol–water partition coefficient (Wildman–Crippen LogP) is -2.04. The molecule has 1 aromatic heterocycles. The fourth-order valence-electron chi connectivity index (χ4n) is 0.854. The van der Waals surface area contributed by atoms with Crippen LogP contribution in [0, 0.1) is 0 Å². The lowest BCUT2D eigenvalue weighted by Gasteiger charge is -1.97. The van der Waals surface area contributed by atoms with Crippen LogP contribution in [-0.2, 0) is 11.5 Å². The predicted molar refractivity (Wildman–Crippen MR) is 47.8 cm³/mol. The van der Waals surface area contributed by atoms with E-state index in [2.05, 4.69) is 5.16 Å². The Balaban J connectivity index is 0.00000196. The maximum absolute atomic E-state index is 8.39. The van der Waals surface area contributed by atoms with Gasteiger partial charge in [-0.25, -0.2) is 0 Å². The van der Waals surface area contributed by atoms with Crippen LogP contribution in [0.3, 0.4) is 0 Å². The summed E-state index contributed by atoms with van der Waals surface area (Å²) in [5, 5.41) is 11.3. The SMILES string of the molecule is [3H]c1cccc(/C=N\O)[n+]1COCCl.[Cl-]. The smallest absolute Gasteiger partial charge is 0.254 e. The van der Waals surface area contributed by atoms with Gasteiger partial charge < -0.3 is 22.4 Å². The molecule has 0 saturated heterocycles. The highest BCUT2D eigenvalue weighted by molar-refractivity contribution is 6.17. The zero-order chi connectivity index (χ0) is 10.4. The van der Waals surface area contributed by atoms with Crippen molar-refractivity contribution in [3.63, 3.8) is 0 Å².